The van der Waals surface area contributed by atoms with Crippen LogP contribution in [0.1, 0.15) is 5.56 Å². The molecule has 1 N–H and O–H groups in total. The SMILES string of the molecule is O=CCc1ccc2cc(O)ccc2c1. The van der Waals surface area contributed by atoms with Crippen LogP contribution in [0.4, 0.5) is 0 Å². The zero-order chi connectivity index (χ0) is 9.97. The van der Waals surface area contributed by atoms with Gasteiger partial charge in [-0.15, -0.1) is 0 Å². The normalized spacial score (nSPS) is 10.3. The molecule has 0 atom stereocenters. The largest absolute Gasteiger partial charge is 0.508 e. The van der Waals surface area contributed by atoms with Crippen molar-refractivity contribution in [2.75, 3.05) is 0 Å². The summed E-state index contributed by atoms with van der Waals surface area (Å²) in [6.45, 7) is 0. The van der Waals surface area contributed by atoms with Gasteiger partial charge in [0.15, 0.2) is 0 Å². The Morgan fingerprint density at radius 2 is 1.79 bits per heavy atom. The Labute approximate surface area is 81.8 Å². The smallest absolute Gasteiger partial charge is 0.124 e. The molecule has 0 heterocycles. The van der Waals surface area contributed by atoms with Crippen molar-refractivity contribution < 1.29 is 9.90 Å². The first-order valence-corrected chi connectivity index (χ1v) is 4.45. The van der Waals surface area contributed by atoms with Crippen molar-refractivity contribution in [2.45, 2.75) is 6.42 Å². The number of phenols is 1. The summed E-state index contributed by atoms with van der Waals surface area (Å²) in [6.07, 6.45) is 1.33. The summed E-state index contributed by atoms with van der Waals surface area (Å²) >= 11 is 0. The number of hydrogen-bond acceptors (Lipinski definition) is 2. The summed E-state index contributed by atoms with van der Waals surface area (Å²) in [4.78, 5) is 10.3. The molecule has 2 aromatic carbocycles. The highest BCUT2D eigenvalue weighted by atomic mass is 16.3. The maximum absolute atomic E-state index is 10.3. The summed E-state index contributed by atoms with van der Waals surface area (Å²) in [7, 11) is 0. The molecule has 0 saturated carbocycles. The lowest BCUT2D eigenvalue weighted by atomic mass is 10.1. The van der Waals surface area contributed by atoms with Crippen LogP contribution >= 0.6 is 0 Å². The molecule has 0 amide bonds. The molecule has 2 nitrogen and oxygen atoms in total. The van der Waals surface area contributed by atoms with Gasteiger partial charge in [-0.25, -0.2) is 0 Å². The van der Waals surface area contributed by atoms with E-state index in [1.807, 2.05) is 24.3 Å². The molecule has 0 fully saturated rings. The van der Waals surface area contributed by atoms with E-state index in [9.17, 15) is 9.90 Å². The Morgan fingerprint density at radius 3 is 2.57 bits per heavy atom. The molecule has 0 aliphatic heterocycles. The Kier molecular flexibility index (Phi) is 2.19. The van der Waals surface area contributed by atoms with Crippen LogP contribution in [0, 0.1) is 0 Å². The van der Waals surface area contributed by atoms with Gasteiger partial charge < -0.3 is 9.90 Å². The number of carbonyl (C=O) groups is 1. The highest BCUT2D eigenvalue weighted by Crippen LogP contribution is 2.20. The Balaban J connectivity index is 2.55. The summed E-state index contributed by atoms with van der Waals surface area (Å²) < 4.78 is 0. The van der Waals surface area contributed by atoms with E-state index in [4.69, 9.17) is 0 Å². The minimum absolute atomic E-state index is 0.264. The van der Waals surface area contributed by atoms with Gasteiger partial charge in [0.05, 0.1) is 0 Å². The van der Waals surface area contributed by atoms with Crippen LogP contribution in [0.15, 0.2) is 36.4 Å². The van der Waals surface area contributed by atoms with Crippen molar-refractivity contribution >= 4 is 17.1 Å². The molecular formula is C12H10O2. The van der Waals surface area contributed by atoms with E-state index in [0.717, 1.165) is 22.6 Å². The molecule has 0 spiro atoms. The molecule has 2 rings (SSSR count). The number of rotatable bonds is 2. The predicted octanol–water partition coefficient (Wildman–Crippen LogP) is 2.29. The summed E-state index contributed by atoms with van der Waals surface area (Å²) in [6, 6.07) is 11.0. The van der Waals surface area contributed by atoms with Gasteiger partial charge in [-0.1, -0.05) is 24.3 Å². The van der Waals surface area contributed by atoms with Crippen LogP contribution in [-0.4, -0.2) is 11.4 Å². The number of aromatic hydroxyl groups is 1. The second-order valence-electron chi connectivity index (χ2n) is 3.24. The standard InChI is InChI=1S/C12H10O2/c13-6-5-9-1-2-11-8-12(14)4-3-10(11)7-9/h1-4,6-8,14H,5H2. The molecule has 0 bridgehead atoms. The molecule has 0 radical (unpaired) electrons. The topological polar surface area (TPSA) is 37.3 Å². The van der Waals surface area contributed by atoms with E-state index < -0.39 is 0 Å². The third kappa shape index (κ3) is 1.59. The Morgan fingerprint density at radius 1 is 1.07 bits per heavy atom. The van der Waals surface area contributed by atoms with Gasteiger partial charge in [-0.2, -0.15) is 0 Å². The third-order valence-corrected chi connectivity index (χ3v) is 2.21. The summed E-state index contributed by atoms with van der Waals surface area (Å²) in [5.41, 5.74) is 0.998. The van der Waals surface area contributed by atoms with Crippen LogP contribution in [-0.2, 0) is 11.2 Å². The van der Waals surface area contributed by atoms with Crippen LogP contribution in [0.2, 0.25) is 0 Å². The molecule has 14 heavy (non-hydrogen) atoms. The van der Waals surface area contributed by atoms with Gasteiger partial charge in [0.2, 0.25) is 0 Å². The zero-order valence-corrected chi connectivity index (χ0v) is 7.60. The number of aldehydes is 1. The number of phenolic OH excluding ortho intramolecular Hbond substituents is 1. The first-order valence-electron chi connectivity index (χ1n) is 4.45. The minimum Gasteiger partial charge on any atom is -0.508 e. The van der Waals surface area contributed by atoms with Gasteiger partial charge in [0, 0.05) is 6.42 Å². The second-order valence-corrected chi connectivity index (χ2v) is 3.24. The maximum atomic E-state index is 10.3. The van der Waals surface area contributed by atoms with E-state index in [1.165, 1.54) is 0 Å². The molecule has 0 aliphatic carbocycles. The van der Waals surface area contributed by atoms with Crippen molar-refractivity contribution in [1.82, 2.24) is 0 Å². The lowest BCUT2D eigenvalue weighted by Gasteiger charge is -2.00. The first kappa shape index (κ1) is 8.75. The number of fused-ring (bicyclic) bond motifs is 1. The molecule has 70 valence electrons. The third-order valence-electron chi connectivity index (χ3n) is 2.21. The maximum Gasteiger partial charge on any atom is 0.124 e. The highest BCUT2D eigenvalue weighted by Gasteiger charge is 1.97. The molecule has 2 aromatic rings. The Bertz CT molecular complexity index is 475. The van der Waals surface area contributed by atoms with Gasteiger partial charge >= 0.3 is 0 Å². The van der Waals surface area contributed by atoms with Gasteiger partial charge in [-0.3, -0.25) is 0 Å². The molecule has 2 heteroatoms. The Hall–Kier alpha value is -1.83. The van der Waals surface area contributed by atoms with E-state index in [1.54, 1.807) is 12.1 Å². The first-order chi connectivity index (χ1) is 6.79. The van der Waals surface area contributed by atoms with E-state index in [-0.39, 0.29) is 5.75 Å². The average Bonchev–Trinajstić information content (AvgIpc) is 2.19. The highest BCUT2D eigenvalue weighted by molar-refractivity contribution is 5.84. The number of hydrogen-bond donors (Lipinski definition) is 1. The zero-order valence-electron chi connectivity index (χ0n) is 7.60. The van der Waals surface area contributed by atoms with E-state index in [2.05, 4.69) is 0 Å². The fourth-order valence-corrected chi connectivity index (χ4v) is 1.51. The molecule has 0 saturated heterocycles. The quantitative estimate of drug-likeness (QED) is 0.730. The lowest BCUT2D eigenvalue weighted by molar-refractivity contribution is -0.107. The second kappa shape index (κ2) is 3.50. The molecular weight excluding hydrogens is 176 g/mol. The van der Waals surface area contributed by atoms with Gasteiger partial charge in [-0.05, 0) is 28.5 Å². The minimum atomic E-state index is 0.264. The number of carbonyl (C=O) groups excluding carboxylic acids is 1. The average molecular weight is 186 g/mol. The monoisotopic (exact) mass is 186 g/mol. The molecule has 0 aromatic heterocycles. The van der Waals surface area contributed by atoms with Gasteiger partial charge in [0.25, 0.3) is 0 Å². The van der Waals surface area contributed by atoms with Gasteiger partial charge in [0.1, 0.15) is 12.0 Å². The van der Waals surface area contributed by atoms with Crippen LogP contribution in [0.5, 0.6) is 5.75 Å². The fourth-order valence-electron chi connectivity index (χ4n) is 1.51. The summed E-state index contributed by atoms with van der Waals surface area (Å²) in [5, 5.41) is 11.3. The number of benzene rings is 2. The molecule has 0 aliphatic rings. The fraction of sp³-hybridized carbons (Fsp3) is 0.0833. The van der Waals surface area contributed by atoms with Crippen LogP contribution in [0.3, 0.4) is 0 Å². The van der Waals surface area contributed by atoms with E-state index >= 15 is 0 Å². The van der Waals surface area contributed by atoms with Crippen molar-refractivity contribution in [1.29, 1.82) is 0 Å². The molecule has 0 unspecified atom stereocenters. The summed E-state index contributed by atoms with van der Waals surface area (Å²) in [5.74, 6) is 0.264. The van der Waals surface area contributed by atoms with Crippen molar-refractivity contribution in [3.63, 3.8) is 0 Å². The predicted molar refractivity (Wildman–Crippen MR) is 55.4 cm³/mol. The van der Waals surface area contributed by atoms with Crippen molar-refractivity contribution in [3.05, 3.63) is 42.0 Å². The van der Waals surface area contributed by atoms with Crippen molar-refractivity contribution in [3.8, 4) is 5.75 Å². The van der Waals surface area contributed by atoms with Crippen molar-refractivity contribution in [2.24, 2.45) is 0 Å². The lowest BCUT2D eigenvalue weighted by Crippen LogP contribution is -1.85. The van der Waals surface area contributed by atoms with Crippen LogP contribution < -0.4 is 0 Å². The van der Waals surface area contributed by atoms with Crippen LogP contribution in [0.25, 0.3) is 10.8 Å². The van der Waals surface area contributed by atoms with E-state index in [0.29, 0.717) is 6.42 Å².